The van der Waals surface area contributed by atoms with E-state index in [0.29, 0.717) is 31.7 Å². The highest BCUT2D eigenvalue weighted by Gasteiger charge is 2.15. The first-order valence-corrected chi connectivity index (χ1v) is 11.5. The van der Waals surface area contributed by atoms with Gasteiger partial charge in [0.1, 0.15) is 6.61 Å². The highest BCUT2D eigenvalue weighted by Crippen LogP contribution is 2.28. The van der Waals surface area contributed by atoms with E-state index in [4.69, 9.17) is 20.3 Å². The molecule has 0 aliphatic rings. The summed E-state index contributed by atoms with van der Waals surface area (Å²) in [7, 11) is 1.65. The summed E-state index contributed by atoms with van der Waals surface area (Å²) in [6.07, 6.45) is 4.27. The topological polar surface area (TPSA) is 98.7 Å². The minimum atomic E-state index is -0.442. The molecular formula is C26H35N3O4. The lowest BCUT2D eigenvalue weighted by Crippen LogP contribution is -2.32. The van der Waals surface area contributed by atoms with Crippen LogP contribution in [0, 0.1) is 0 Å². The van der Waals surface area contributed by atoms with Gasteiger partial charge in [-0.2, -0.15) is 0 Å². The molecular weight excluding hydrogens is 418 g/mol. The summed E-state index contributed by atoms with van der Waals surface area (Å²) in [4.78, 5) is 12.1. The van der Waals surface area contributed by atoms with E-state index >= 15 is 0 Å². The molecule has 0 fully saturated rings. The zero-order valence-electron chi connectivity index (χ0n) is 19.8. The standard InChI is InChI=1S/C26H35N3O4/c1-4-19-6-7-23(24(17-19)32-3)33-13-9-28-18(2)14-20-15-21-8-11-29(10-5-12-30)25(21)22(16-20)26(27)31/h6-8,11,15-18,28,30H,4-5,9-10,12-14H2,1-3H3,(H2,27,31)/t18-/m1/s1. The van der Waals surface area contributed by atoms with Crippen molar-refractivity contribution in [3.05, 3.63) is 59.3 Å². The number of nitrogens with two attached hydrogens (primary N) is 1. The van der Waals surface area contributed by atoms with E-state index in [2.05, 4.69) is 31.3 Å². The average Bonchev–Trinajstić information content (AvgIpc) is 3.22. The van der Waals surface area contributed by atoms with Crippen molar-refractivity contribution in [2.24, 2.45) is 5.73 Å². The normalized spacial score (nSPS) is 12.1. The second kappa shape index (κ2) is 11.7. The zero-order chi connectivity index (χ0) is 23.8. The Kier molecular flexibility index (Phi) is 8.74. The minimum absolute atomic E-state index is 0.105. The molecule has 0 unspecified atom stereocenters. The molecule has 3 rings (SSSR count). The molecule has 1 aromatic heterocycles. The van der Waals surface area contributed by atoms with Crippen LogP contribution >= 0.6 is 0 Å². The van der Waals surface area contributed by atoms with Gasteiger partial charge >= 0.3 is 0 Å². The van der Waals surface area contributed by atoms with Gasteiger partial charge in [0.2, 0.25) is 0 Å². The fourth-order valence-corrected chi connectivity index (χ4v) is 4.09. The zero-order valence-corrected chi connectivity index (χ0v) is 19.8. The number of rotatable bonds is 13. The van der Waals surface area contributed by atoms with Gasteiger partial charge in [0, 0.05) is 37.3 Å². The van der Waals surface area contributed by atoms with Crippen LogP contribution in [0.15, 0.2) is 42.6 Å². The summed E-state index contributed by atoms with van der Waals surface area (Å²) in [5.74, 6) is 1.05. The summed E-state index contributed by atoms with van der Waals surface area (Å²) in [5.41, 5.74) is 9.30. The first-order valence-electron chi connectivity index (χ1n) is 11.5. The second-order valence-electron chi connectivity index (χ2n) is 8.28. The maximum atomic E-state index is 12.1. The number of aliphatic hydroxyl groups is 1. The van der Waals surface area contributed by atoms with Crippen molar-refractivity contribution in [2.45, 2.75) is 45.7 Å². The number of fused-ring (bicyclic) bond motifs is 1. The number of hydrogen-bond donors (Lipinski definition) is 3. The summed E-state index contributed by atoms with van der Waals surface area (Å²) in [6, 6.07) is 12.2. The van der Waals surface area contributed by atoms with E-state index in [9.17, 15) is 4.79 Å². The molecule has 33 heavy (non-hydrogen) atoms. The van der Waals surface area contributed by atoms with Gasteiger partial charge in [0.25, 0.3) is 5.91 Å². The Morgan fingerprint density at radius 2 is 2.00 bits per heavy atom. The fraction of sp³-hybridized carbons (Fsp3) is 0.423. The van der Waals surface area contributed by atoms with Crippen molar-refractivity contribution in [2.75, 3.05) is 26.9 Å². The molecule has 0 saturated carbocycles. The van der Waals surface area contributed by atoms with Gasteiger partial charge in [-0.3, -0.25) is 4.79 Å². The first kappa shape index (κ1) is 24.6. The van der Waals surface area contributed by atoms with E-state index in [-0.39, 0.29) is 12.6 Å². The molecule has 4 N–H and O–H groups in total. The number of primary amides is 1. The third kappa shape index (κ3) is 6.27. The summed E-state index contributed by atoms with van der Waals surface area (Å²) in [5, 5.41) is 13.6. The number of aryl methyl sites for hydroxylation is 2. The average molecular weight is 454 g/mol. The summed E-state index contributed by atoms with van der Waals surface area (Å²) in [6.45, 7) is 6.17. The third-order valence-electron chi connectivity index (χ3n) is 5.77. The van der Waals surface area contributed by atoms with E-state index in [1.165, 1.54) is 5.56 Å². The first-order chi connectivity index (χ1) is 16.0. The predicted octanol–water partition coefficient (Wildman–Crippen LogP) is 3.29. The molecule has 1 amide bonds. The maximum absolute atomic E-state index is 12.1. The van der Waals surface area contributed by atoms with E-state index in [1.54, 1.807) is 7.11 Å². The fourth-order valence-electron chi connectivity index (χ4n) is 4.09. The molecule has 0 bridgehead atoms. The van der Waals surface area contributed by atoms with Crippen LogP contribution in [0.2, 0.25) is 0 Å². The highest BCUT2D eigenvalue weighted by molar-refractivity contribution is 6.05. The predicted molar refractivity (Wildman–Crippen MR) is 131 cm³/mol. The van der Waals surface area contributed by atoms with Crippen LogP contribution in [-0.2, 0) is 19.4 Å². The lowest BCUT2D eigenvalue weighted by Gasteiger charge is -2.16. The third-order valence-corrected chi connectivity index (χ3v) is 5.77. The van der Waals surface area contributed by atoms with E-state index < -0.39 is 5.91 Å². The Labute approximate surface area is 195 Å². The summed E-state index contributed by atoms with van der Waals surface area (Å²) >= 11 is 0. The van der Waals surface area contributed by atoms with Gasteiger partial charge in [-0.1, -0.05) is 13.0 Å². The number of amides is 1. The highest BCUT2D eigenvalue weighted by atomic mass is 16.5. The van der Waals surface area contributed by atoms with Crippen molar-refractivity contribution in [3.8, 4) is 11.5 Å². The minimum Gasteiger partial charge on any atom is -0.493 e. The van der Waals surface area contributed by atoms with Crippen molar-refractivity contribution in [1.29, 1.82) is 0 Å². The van der Waals surface area contributed by atoms with Crippen molar-refractivity contribution in [1.82, 2.24) is 9.88 Å². The Hall–Kier alpha value is -3.03. The second-order valence-corrected chi connectivity index (χ2v) is 8.28. The molecule has 178 valence electrons. The summed E-state index contributed by atoms with van der Waals surface area (Å²) < 4.78 is 13.3. The SMILES string of the molecule is CCc1ccc(OCCN[C@H](C)Cc2cc(C(N)=O)c3c(ccn3CCCO)c2)c(OC)c1. The Bertz CT molecular complexity index is 1080. The smallest absolute Gasteiger partial charge is 0.250 e. The molecule has 7 heteroatoms. The number of methoxy groups -OCH3 is 1. The molecule has 7 nitrogen and oxygen atoms in total. The molecule has 0 aliphatic carbocycles. The Balaban J connectivity index is 1.59. The van der Waals surface area contributed by atoms with Gasteiger partial charge in [-0.25, -0.2) is 0 Å². The number of ether oxygens (including phenoxy) is 2. The van der Waals surface area contributed by atoms with Crippen LogP contribution in [0.3, 0.4) is 0 Å². The van der Waals surface area contributed by atoms with Gasteiger partial charge in [-0.15, -0.1) is 0 Å². The Morgan fingerprint density at radius 1 is 1.18 bits per heavy atom. The molecule has 3 aromatic rings. The molecule has 1 atom stereocenters. The number of nitrogens with zero attached hydrogens (tertiary/aromatic N) is 1. The molecule has 0 spiro atoms. The van der Waals surface area contributed by atoms with Gasteiger partial charge in [0.15, 0.2) is 11.5 Å². The lowest BCUT2D eigenvalue weighted by atomic mass is 10.0. The number of aromatic nitrogens is 1. The van der Waals surface area contributed by atoms with Crippen LogP contribution in [0.4, 0.5) is 0 Å². The van der Waals surface area contributed by atoms with Gasteiger partial charge < -0.3 is 30.2 Å². The number of hydrogen-bond acceptors (Lipinski definition) is 5. The van der Waals surface area contributed by atoms with E-state index in [1.807, 2.05) is 35.0 Å². The molecule has 0 aliphatic heterocycles. The van der Waals surface area contributed by atoms with E-state index in [0.717, 1.165) is 40.8 Å². The van der Waals surface area contributed by atoms with Crippen LogP contribution in [0.1, 0.15) is 41.8 Å². The largest absolute Gasteiger partial charge is 0.493 e. The van der Waals surface area contributed by atoms with Gasteiger partial charge in [-0.05, 0) is 67.6 Å². The van der Waals surface area contributed by atoms with Crippen molar-refractivity contribution >= 4 is 16.8 Å². The number of carbonyl (C=O) groups is 1. The number of nitrogens with one attached hydrogen (secondary N) is 1. The number of aliphatic hydroxyl groups excluding tert-OH is 1. The Morgan fingerprint density at radius 3 is 2.70 bits per heavy atom. The molecule has 1 heterocycles. The molecule has 0 radical (unpaired) electrons. The van der Waals surface area contributed by atoms with Crippen molar-refractivity contribution < 1.29 is 19.4 Å². The molecule has 2 aromatic carbocycles. The number of benzene rings is 2. The van der Waals surface area contributed by atoms with Crippen LogP contribution in [0.25, 0.3) is 10.9 Å². The van der Waals surface area contributed by atoms with Crippen LogP contribution < -0.4 is 20.5 Å². The van der Waals surface area contributed by atoms with Crippen LogP contribution in [-0.4, -0.2) is 48.5 Å². The maximum Gasteiger partial charge on any atom is 0.250 e. The van der Waals surface area contributed by atoms with Crippen LogP contribution in [0.5, 0.6) is 11.5 Å². The quantitative estimate of drug-likeness (QED) is 0.345. The lowest BCUT2D eigenvalue weighted by molar-refractivity contribution is 0.100. The molecule has 0 saturated heterocycles. The monoisotopic (exact) mass is 453 g/mol. The number of carbonyl (C=O) groups excluding carboxylic acids is 1. The van der Waals surface area contributed by atoms with Crippen molar-refractivity contribution in [3.63, 3.8) is 0 Å². The van der Waals surface area contributed by atoms with Gasteiger partial charge in [0.05, 0.1) is 18.2 Å².